The molecule has 2 atom stereocenters. The Morgan fingerprint density at radius 1 is 1.23 bits per heavy atom. The van der Waals surface area contributed by atoms with Gasteiger partial charge in [-0.15, -0.1) is 12.4 Å². The molecule has 0 spiro atoms. The predicted molar refractivity (Wildman–Crippen MR) is 102 cm³/mol. The van der Waals surface area contributed by atoms with Crippen LogP contribution in [-0.4, -0.2) is 26.2 Å². The Hall–Kier alpha value is -1.85. The Morgan fingerprint density at radius 3 is 2.73 bits per heavy atom. The highest BCUT2D eigenvalue weighted by Gasteiger charge is 2.46. The Labute approximate surface area is 158 Å². The third-order valence-electron chi connectivity index (χ3n) is 5.23. The van der Waals surface area contributed by atoms with Crippen molar-refractivity contribution in [2.75, 3.05) is 25.0 Å². The normalized spacial score (nSPS) is 22.4. The minimum atomic E-state index is -0.301. The molecular weight excluding hydrogens is 358 g/mol. The van der Waals surface area contributed by atoms with Crippen molar-refractivity contribution in [3.05, 3.63) is 59.2 Å². The van der Waals surface area contributed by atoms with Gasteiger partial charge in [0.05, 0.1) is 11.7 Å². The number of fused-ring (bicyclic) bond motifs is 2. The van der Waals surface area contributed by atoms with Gasteiger partial charge in [-0.1, -0.05) is 26.0 Å². The van der Waals surface area contributed by atoms with Crippen LogP contribution in [-0.2, 0) is 5.41 Å². The fourth-order valence-corrected chi connectivity index (χ4v) is 4.19. The largest absolute Gasteiger partial charge is 0.486 e. The van der Waals surface area contributed by atoms with Gasteiger partial charge in [-0.2, -0.15) is 0 Å². The summed E-state index contributed by atoms with van der Waals surface area (Å²) in [5, 5.41) is 3.13. The second-order valence-electron chi connectivity index (χ2n) is 7.49. The van der Waals surface area contributed by atoms with Gasteiger partial charge >= 0.3 is 0 Å². The quantitative estimate of drug-likeness (QED) is 0.863. The Balaban J connectivity index is 0.00000196. The highest BCUT2D eigenvalue weighted by molar-refractivity contribution is 5.85. The monoisotopic (exact) mass is 380 g/mol. The van der Waals surface area contributed by atoms with E-state index in [4.69, 9.17) is 4.74 Å². The molecule has 2 aliphatic heterocycles. The summed E-state index contributed by atoms with van der Waals surface area (Å²) in [5.74, 6) is 0.134. The molecule has 0 amide bonds. The molecule has 0 unspecified atom stereocenters. The standard InChI is InChI=1S/C20H22F2N2O.ClH/c1-20(2)11-24(19-14(20)5-4-6-15(19)22)18-13-9-12(21)7-8-16(13)25-17(18)10-23-3;/h4-9,17-18,23H,10-11H2,1-3H3;1H/t17-,18+;/m1./s1. The zero-order valence-electron chi connectivity index (χ0n) is 15.1. The number of para-hydroxylation sites is 1. The Bertz CT molecular complexity index is 827. The number of ether oxygens (including phenoxy) is 1. The maximum absolute atomic E-state index is 14.7. The lowest BCUT2D eigenvalue weighted by molar-refractivity contribution is 0.200. The van der Waals surface area contributed by atoms with Crippen LogP contribution < -0.4 is 15.0 Å². The van der Waals surface area contributed by atoms with Gasteiger partial charge in [0.2, 0.25) is 0 Å². The molecule has 0 aromatic heterocycles. The van der Waals surface area contributed by atoms with E-state index in [1.54, 1.807) is 12.1 Å². The number of anilines is 1. The van der Waals surface area contributed by atoms with E-state index in [9.17, 15) is 8.78 Å². The first-order chi connectivity index (χ1) is 11.9. The van der Waals surface area contributed by atoms with Crippen molar-refractivity contribution in [1.82, 2.24) is 5.32 Å². The molecule has 0 fully saturated rings. The summed E-state index contributed by atoms with van der Waals surface area (Å²) in [6.07, 6.45) is -0.205. The van der Waals surface area contributed by atoms with Crippen LogP contribution in [0.1, 0.15) is 31.0 Å². The second-order valence-corrected chi connectivity index (χ2v) is 7.49. The van der Waals surface area contributed by atoms with Crippen LogP contribution in [0.4, 0.5) is 14.5 Å². The predicted octanol–water partition coefficient (Wildman–Crippen LogP) is 4.21. The van der Waals surface area contributed by atoms with E-state index in [1.807, 2.05) is 13.1 Å². The van der Waals surface area contributed by atoms with Crippen LogP contribution in [0.25, 0.3) is 0 Å². The summed E-state index contributed by atoms with van der Waals surface area (Å²) in [6, 6.07) is 9.58. The SMILES string of the molecule is CNC[C@H]1Oc2ccc(F)cc2[C@@H]1N1CC(C)(C)c2cccc(F)c21.Cl. The van der Waals surface area contributed by atoms with E-state index in [2.05, 4.69) is 24.1 Å². The van der Waals surface area contributed by atoms with E-state index >= 15 is 0 Å². The van der Waals surface area contributed by atoms with E-state index < -0.39 is 0 Å². The van der Waals surface area contributed by atoms with Gasteiger partial charge in [-0.25, -0.2) is 8.78 Å². The molecule has 0 saturated carbocycles. The number of halogens is 3. The van der Waals surface area contributed by atoms with Crippen LogP contribution in [0.15, 0.2) is 36.4 Å². The maximum atomic E-state index is 14.7. The van der Waals surface area contributed by atoms with Crippen molar-refractivity contribution in [2.45, 2.75) is 31.4 Å². The van der Waals surface area contributed by atoms with Gasteiger partial charge in [0.15, 0.2) is 0 Å². The molecule has 0 aliphatic carbocycles. The molecule has 2 aromatic carbocycles. The number of hydrogen-bond acceptors (Lipinski definition) is 3. The lowest BCUT2D eigenvalue weighted by Gasteiger charge is -2.32. The highest BCUT2D eigenvalue weighted by atomic mass is 35.5. The lowest BCUT2D eigenvalue weighted by Crippen LogP contribution is -2.41. The zero-order valence-corrected chi connectivity index (χ0v) is 15.9. The molecule has 3 nitrogen and oxygen atoms in total. The van der Waals surface area contributed by atoms with Crippen molar-refractivity contribution >= 4 is 18.1 Å². The number of nitrogens with one attached hydrogen (secondary N) is 1. The molecule has 140 valence electrons. The number of nitrogens with zero attached hydrogens (tertiary/aromatic N) is 1. The summed E-state index contributed by atoms with van der Waals surface area (Å²) < 4.78 is 34.7. The number of benzene rings is 2. The van der Waals surface area contributed by atoms with E-state index in [0.717, 1.165) is 11.1 Å². The van der Waals surface area contributed by atoms with Crippen LogP contribution in [0.2, 0.25) is 0 Å². The van der Waals surface area contributed by atoms with E-state index in [1.165, 1.54) is 18.2 Å². The fraction of sp³-hybridized carbons (Fsp3) is 0.400. The average molecular weight is 381 g/mol. The smallest absolute Gasteiger partial charge is 0.146 e. The summed E-state index contributed by atoms with van der Waals surface area (Å²) >= 11 is 0. The van der Waals surface area contributed by atoms with Gasteiger partial charge in [-0.3, -0.25) is 0 Å². The lowest BCUT2D eigenvalue weighted by atomic mass is 9.87. The molecule has 4 rings (SSSR count). The van der Waals surface area contributed by atoms with Gasteiger partial charge in [0, 0.05) is 24.1 Å². The van der Waals surface area contributed by atoms with Gasteiger partial charge in [-0.05, 0) is 36.9 Å². The third-order valence-corrected chi connectivity index (χ3v) is 5.23. The average Bonchev–Trinajstić information content (AvgIpc) is 3.03. The van der Waals surface area contributed by atoms with Crippen molar-refractivity contribution in [3.63, 3.8) is 0 Å². The molecular formula is C20H23ClF2N2O. The Morgan fingerprint density at radius 2 is 2.00 bits per heavy atom. The molecule has 1 N–H and O–H groups in total. The molecule has 0 bridgehead atoms. The molecule has 6 heteroatoms. The number of likely N-dealkylation sites (N-methyl/N-ethyl adjacent to an activating group) is 1. The summed E-state index contributed by atoms with van der Waals surface area (Å²) in [7, 11) is 1.85. The Kier molecular flexibility index (Phi) is 4.88. The fourth-order valence-electron chi connectivity index (χ4n) is 4.19. The topological polar surface area (TPSA) is 24.5 Å². The first-order valence-electron chi connectivity index (χ1n) is 8.59. The molecule has 2 aliphatic rings. The minimum absolute atomic E-state index is 0. The summed E-state index contributed by atoms with van der Waals surface area (Å²) in [5.41, 5.74) is 2.20. The van der Waals surface area contributed by atoms with Crippen molar-refractivity contribution in [3.8, 4) is 5.75 Å². The van der Waals surface area contributed by atoms with Crippen molar-refractivity contribution in [1.29, 1.82) is 0 Å². The van der Waals surface area contributed by atoms with E-state index in [-0.39, 0.29) is 41.6 Å². The molecule has 26 heavy (non-hydrogen) atoms. The van der Waals surface area contributed by atoms with Crippen LogP contribution in [0.5, 0.6) is 5.75 Å². The molecule has 0 radical (unpaired) electrons. The summed E-state index contributed by atoms with van der Waals surface area (Å²) in [6.45, 7) is 5.48. The van der Waals surface area contributed by atoms with E-state index in [0.29, 0.717) is 24.5 Å². The highest BCUT2D eigenvalue weighted by Crippen LogP contribution is 2.50. The molecule has 2 heterocycles. The maximum Gasteiger partial charge on any atom is 0.146 e. The van der Waals surface area contributed by atoms with Crippen LogP contribution in [0.3, 0.4) is 0 Å². The van der Waals surface area contributed by atoms with Crippen LogP contribution in [0, 0.1) is 11.6 Å². The minimum Gasteiger partial charge on any atom is -0.486 e. The van der Waals surface area contributed by atoms with Gasteiger partial charge in [0.1, 0.15) is 23.5 Å². The third kappa shape index (κ3) is 2.83. The summed E-state index contributed by atoms with van der Waals surface area (Å²) in [4.78, 5) is 2.05. The number of rotatable bonds is 3. The first-order valence-corrected chi connectivity index (χ1v) is 8.59. The molecule has 0 saturated heterocycles. The van der Waals surface area contributed by atoms with Crippen molar-refractivity contribution < 1.29 is 13.5 Å². The second kappa shape index (κ2) is 6.71. The van der Waals surface area contributed by atoms with Crippen LogP contribution >= 0.6 is 12.4 Å². The number of hydrogen-bond donors (Lipinski definition) is 1. The molecule has 2 aromatic rings. The van der Waals surface area contributed by atoms with Gasteiger partial charge in [0.25, 0.3) is 0 Å². The van der Waals surface area contributed by atoms with Crippen molar-refractivity contribution in [2.24, 2.45) is 0 Å². The van der Waals surface area contributed by atoms with Gasteiger partial charge < -0.3 is 15.0 Å². The first kappa shape index (κ1) is 18.9. The zero-order chi connectivity index (χ0) is 17.8.